The Bertz CT molecular complexity index is 472. The van der Waals surface area contributed by atoms with Crippen LogP contribution in [0.25, 0.3) is 11.1 Å². The lowest BCUT2D eigenvalue weighted by Crippen LogP contribution is -1.94. The van der Waals surface area contributed by atoms with Crippen molar-refractivity contribution in [2.75, 3.05) is 5.73 Å². The van der Waals surface area contributed by atoms with E-state index in [9.17, 15) is 0 Å². The smallest absolute Gasteiger partial charge is 0.0396 e. The van der Waals surface area contributed by atoms with Crippen LogP contribution in [0.2, 0.25) is 0 Å². The number of nitrogen functional groups attached to an aromatic ring is 1. The highest BCUT2D eigenvalue weighted by Gasteiger charge is 2.07. The van der Waals surface area contributed by atoms with Crippen LogP contribution in [0.1, 0.15) is 11.1 Å². The summed E-state index contributed by atoms with van der Waals surface area (Å²) in [5.74, 6) is 0. The van der Waals surface area contributed by atoms with E-state index in [0.717, 1.165) is 11.3 Å². The molecule has 1 heteroatoms. The average molecular weight is 197 g/mol. The highest BCUT2D eigenvalue weighted by molar-refractivity contribution is 5.80. The van der Waals surface area contributed by atoms with Crippen molar-refractivity contribution < 1.29 is 0 Å². The molecule has 0 heterocycles. The summed E-state index contributed by atoms with van der Waals surface area (Å²) in [6.07, 6.45) is 0. The molecular weight excluding hydrogens is 182 g/mol. The molecule has 0 aliphatic heterocycles. The summed E-state index contributed by atoms with van der Waals surface area (Å²) in [4.78, 5) is 0. The molecule has 0 saturated carbocycles. The van der Waals surface area contributed by atoms with Crippen LogP contribution in [0.4, 0.5) is 5.69 Å². The van der Waals surface area contributed by atoms with Gasteiger partial charge in [-0.15, -0.1) is 0 Å². The zero-order valence-corrected chi connectivity index (χ0v) is 9.12. The zero-order chi connectivity index (χ0) is 10.8. The number of nitrogens with two attached hydrogens (primary N) is 1. The van der Waals surface area contributed by atoms with E-state index < -0.39 is 0 Å². The van der Waals surface area contributed by atoms with E-state index in [1.807, 2.05) is 24.3 Å². The van der Waals surface area contributed by atoms with Gasteiger partial charge in [-0.05, 0) is 36.6 Å². The summed E-state index contributed by atoms with van der Waals surface area (Å²) < 4.78 is 0. The highest BCUT2D eigenvalue weighted by atomic mass is 14.6. The minimum absolute atomic E-state index is 0.851. The van der Waals surface area contributed by atoms with Gasteiger partial charge in [-0.25, -0.2) is 0 Å². The summed E-state index contributed by atoms with van der Waals surface area (Å²) in [7, 11) is 0. The van der Waals surface area contributed by atoms with E-state index in [1.165, 1.54) is 16.7 Å². The van der Waals surface area contributed by atoms with E-state index in [2.05, 4.69) is 32.0 Å². The fraction of sp³-hybridized carbons (Fsp3) is 0.143. The Kier molecular flexibility index (Phi) is 2.46. The monoisotopic (exact) mass is 197 g/mol. The maximum absolute atomic E-state index is 6.02. The molecule has 2 N–H and O–H groups in total. The van der Waals surface area contributed by atoms with Gasteiger partial charge in [-0.3, -0.25) is 0 Å². The third-order valence-electron chi connectivity index (χ3n) is 2.83. The lowest BCUT2D eigenvalue weighted by molar-refractivity contribution is 1.34. The molecule has 0 fully saturated rings. The van der Waals surface area contributed by atoms with E-state index >= 15 is 0 Å². The molecule has 0 amide bonds. The maximum atomic E-state index is 6.02. The lowest BCUT2D eigenvalue weighted by Gasteiger charge is -2.11. The Hall–Kier alpha value is -1.76. The summed E-state index contributed by atoms with van der Waals surface area (Å²) >= 11 is 0. The van der Waals surface area contributed by atoms with Gasteiger partial charge in [-0.1, -0.05) is 36.4 Å². The van der Waals surface area contributed by atoms with Gasteiger partial charge < -0.3 is 5.73 Å². The first-order valence-electron chi connectivity index (χ1n) is 5.11. The molecule has 0 aromatic heterocycles. The second-order valence-electron chi connectivity index (χ2n) is 3.84. The van der Waals surface area contributed by atoms with Gasteiger partial charge in [0.15, 0.2) is 0 Å². The van der Waals surface area contributed by atoms with Gasteiger partial charge in [0.05, 0.1) is 0 Å². The van der Waals surface area contributed by atoms with Crippen molar-refractivity contribution in [3.8, 4) is 11.1 Å². The number of hydrogen-bond donors (Lipinski definition) is 1. The molecule has 0 spiro atoms. The number of anilines is 1. The van der Waals surface area contributed by atoms with Gasteiger partial charge in [0.2, 0.25) is 0 Å². The predicted octanol–water partition coefficient (Wildman–Crippen LogP) is 3.55. The van der Waals surface area contributed by atoms with E-state index in [0.29, 0.717) is 0 Å². The number of aryl methyl sites for hydroxylation is 1. The van der Waals surface area contributed by atoms with Crippen LogP contribution < -0.4 is 5.73 Å². The van der Waals surface area contributed by atoms with Crippen molar-refractivity contribution in [1.82, 2.24) is 0 Å². The average Bonchev–Trinajstić information content (AvgIpc) is 2.26. The normalized spacial score (nSPS) is 10.3. The minimum Gasteiger partial charge on any atom is -0.398 e. The van der Waals surface area contributed by atoms with Gasteiger partial charge in [0.25, 0.3) is 0 Å². The SMILES string of the molecule is Cc1ccc(N)c(-c2ccccc2)c1C. The Labute approximate surface area is 90.6 Å². The molecule has 0 unspecified atom stereocenters. The van der Waals surface area contributed by atoms with Crippen LogP contribution in [-0.4, -0.2) is 0 Å². The third-order valence-corrected chi connectivity index (χ3v) is 2.83. The first-order valence-corrected chi connectivity index (χ1v) is 5.11. The summed E-state index contributed by atoms with van der Waals surface area (Å²) in [5.41, 5.74) is 11.8. The van der Waals surface area contributed by atoms with Crippen molar-refractivity contribution >= 4 is 5.69 Å². The zero-order valence-electron chi connectivity index (χ0n) is 9.12. The minimum atomic E-state index is 0.851. The van der Waals surface area contributed by atoms with Gasteiger partial charge >= 0.3 is 0 Å². The Balaban J connectivity index is 2.68. The molecule has 0 radical (unpaired) electrons. The van der Waals surface area contributed by atoms with Crippen molar-refractivity contribution in [3.05, 3.63) is 53.6 Å². The van der Waals surface area contributed by atoms with Crippen LogP contribution in [0.15, 0.2) is 42.5 Å². The molecule has 0 bridgehead atoms. The topological polar surface area (TPSA) is 26.0 Å². The number of hydrogen-bond acceptors (Lipinski definition) is 1. The molecule has 76 valence electrons. The molecule has 0 atom stereocenters. The van der Waals surface area contributed by atoms with E-state index in [-0.39, 0.29) is 0 Å². The van der Waals surface area contributed by atoms with Crippen LogP contribution in [0, 0.1) is 13.8 Å². The summed E-state index contributed by atoms with van der Waals surface area (Å²) in [5, 5.41) is 0. The van der Waals surface area contributed by atoms with Crippen molar-refractivity contribution in [2.45, 2.75) is 13.8 Å². The second-order valence-corrected chi connectivity index (χ2v) is 3.84. The summed E-state index contributed by atoms with van der Waals surface area (Å²) in [6, 6.07) is 14.3. The van der Waals surface area contributed by atoms with Crippen LogP contribution in [0.3, 0.4) is 0 Å². The molecule has 0 aliphatic carbocycles. The van der Waals surface area contributed by atoms with Crippen LogP contribution in [0.5, 0.6) is 0 Å². The quantitative estimate of drug-likeness (QED) is 0.695. The molecular formula is C14H15N. The predicted molar refractivity (Wildman–Crippen MR) is 65.8 cm³/mol. The second kappa shape index (κ2) is 3.77. The number of rotatable bonds is 1. The Morgan fingerprint density at radius 2 is 1.53 bits per heavy atom. The third kappa shape index (κ3) is 1.73. The Morgan fingerprint density at radius 3 is 2.20 bits per heavy atom. The van der Waals surface area contributed by atoms with Crippen LogP contribution >= 0.6 is 0 Å². The van der Waals surface area contributed by atoms with Crippen molar-refractivity contribution in [2.24, 2.45) is 0 Å². The van der Waals surface area contributed by atoms with E-state index in [4.69, 9.17) is 5.73 Å². The standard InChI is InChI=1S/C14H15N/c1-10-8-9-13(15)14(11(10)2)12-6-4-3-5-7-12/h3-9H,15H2,1-2H3. The fourth-order valence-corrected chi connectivity index (χ4v) is 1.82. The lowest BCUT2D eigenvalue weighted by atomic mass is 9.95. The van der Waals surface area contributed by atoms with Crippen molar-refractivity contribution in [3.63, 3.8) is 0 Å². The number of benzene rings is 2. The molecule has 15 heavy (non-hydrogen) atoms. The summed E-state index contributed by atoms with van der Waals surface area (Å²) in [6.45, 7) is 4.23. The first kappa shape index (κ1) is 9.78. The highest BCUT2D eigenvalue weighted by Crippen LogP contribution is 2.30. The molecule has 2 aromatic rings. The largest absolute Gasteiger partial charge is 0.398 e. The van der Waals surface area contributed by atoms with Gasteiger partial charge in [0, 0.05) is 11.3 Å². The maximum Gasteiger partial charge on any atom is 0.0396 e. The first-order chi connectivity index (χ1) is 7.20. The molecule has 2 rings (SSSR count). The van der Waals surface area contributed by atoms with Gasteiger partial charge in [-0.2, -0.15) is 0 Å². The van der Waals surface area contributed by atoms with Crippen molar-refractivity contribution in [1.29, 1.82) is 0 Å². The van der Waals surface area contributed by atoms with Gasteiger partial charge in [0.1, 0.15) is 0 Å². The molecule has 2 aromatic carbocycles. The van der Waals surface area contributed by atoms with E-state index in [1.54, 1.807) is 0 Å². The molecule has 0 aliphatic rings. The molecule has 1 nitrogen and oxygen atoms in total. The fourth-order valence-electron chi connectivity index (χ4n) is 1.82. The van der Waals surface area contributed by atoms with Crippen LogP contribution in [-0.2, 0) is 0 Å². The Morgan fingerprint density at radius 1 is 0.867 bits per heavy atom. The molecule has 0 saturated heterocycles.